The molecule has 1 aromatic rings. The summed E-state index contributed by atoms with van der Waals surface area (Å²) in [6.07, 6.45) is 1.12. The smallest absolute Gasteiger partial charge is 0.319 e. The van der Waals surface area contributed by atoms with E-state index in [0.717, 1.165) is 44.1 Å². The molecule has 0 aromatic heterocycles. The Morgan fingerprint density at radius 2 is 2.13 bits per heavy atom. The van der Waals surface area contributed by atoms with Crippen molar-refractivity contribution in [1.82, 2.24) is 10.2 Å². The molecule has 23 heavy (non-hydrogen) atoms. The average molecular weight is 321 g/mol. The molecular formula is C17H27N3O3. The highest BCUT2D eigenvalue weighted by Gasteiger charge is 2.22. The van der Waals surface area contributed by atoms with Crippen molar-refractivity contribution in [2.75, 3.05) is 51.8 Å². The molecule has 6 nitrogen and oxygen atoms in total. The van der Waals surface area contributed by atoms with Gasteiger partial charge in [-0.25, -0.2) is 4.79 Å². The van der Waals surface area contributed by atoms with E-state index in [4.69, 9.17) is 9.47 Å². The van der Waals surface area contributed by atoms with Gasteiger partial charge in [-0.3, -0.25) is 0 Å². The molecule has 0 aliphatic carbocycles. The maximum Gasteiger partial charge on any atom is 0.319 e. The molecule has 6 heteroatoms. The Labute approximate surface area is 138 Å². The van der Waals surface area contributed by atoms with Crippen LogP contribution in [0.5, 0.6) is 5.75 Å². The number of anilines is 1. The molecule has 1 fully saturated rings. The van der Waals surface area contributed by atoms with Crippen molar-refractivity contribution in [3.8, 4) is 5.75 Å². The van der Waals surface area contributed by atoms with Gasteiger partial charge in [-0.05, 0) is 50.1 Å². The Morgan fingerprint density at radius 3 is 2.83 bits per heavy atom. The molecular weight excluding hydrogens is 294 g/mol. The summed E-state index contributed by atoms with van der Waals surface area (Å²) in [5.41, 5.74) is 0.763. The lowest BCUT2D eigenvalue weighted by molar-refractivity contribution is 0.159. The van der Waals surface area contributed by atoms with Crippen molar-refractivity contribution in [2.45, 2.75) is 13.3 Å². The molecule has 1 aliphatic heterocycles. The molecule has 2 rings (SSSR count). The lowest BCUT2D eigenvalue weighted by Gasteiger charge is -2.15. The fraction of sp³-hybridized carbons (Fsp3) is 0.588. The van der Waals surface area contributed by atoms with Crippen molar-refractivity contribution in [3.05, 3.63) is 24.3 Å². The first-order chi connectivity index (χ1) is 11.2. The zero-order valence-corrected chi connectivity index (χ0v) is 14.0. The van der Waals surface area contributed by atoms with E-state index >= 15 is 0 Å². The van der Waals surface area contributed by atoms with Crippen LogP contribution < -0.4 is 15.4 Å². The molecule has 2 amide bonds. The number of nitrogens with one attached hydrogen (secondary N) is 2. The number of benzene rings is 1. The highest BCUT2D eigenvalue weighted by atomic mass is 16.5. The van der Waals surface area contributed by atoms with Crippen LogP contribution in [0.25, 0.3) is 0 Å². The summed E-state index contributed by atoms with van der Waals surface area (Å²) in [6, 6.07) is 7.22. The predicted octanol–water partition coefficient (Wildman–Crippen LogP) is 2.18. The molecule has 0 spiro atoms. The van der Waals surface area contributed by atoms with Gasteiger partial charge in [0.25, 0.3) is 0 Å². The number of nitrogens with zero attached hydrogens (tertiary/aromatic N) is 1. The van der Waals surface area contributed by atoms with Gasteiger partial charge in [0.05, 0.1) is 13.2 Å². The van der Waals surface area contributed by atoms with Gasteiger partial charge < -0.3 is 25.0 Å². The number of hydrogen-bond acceptors (Lipinski definition) is 4. The number of rotatable bonds is 8. The van der Waals surface area contributed by atoms with Gasteiger partial charge in [0.15, 0.2) is 0 Å². The van der Waals surface area contributed by atoms with Gasteiger partial charge >= 0.3 is 6.03 Å². The Kier molecular flexibility index (Phi) is 7.16. The van der Waals surface area contributed by atoms with E-state index in [0.29, 0.717) is 19.1 Å². The molecule has 1 aromatic carbocycles. The molecule has 1 aliphatic rings. The van der Waals surface area contributed by atoms with E-state index in [2.05, 4.69) is 15.5 Å². The largest absolute Gasteiger partial charge is 0.494 e. The number of ether oxygens (including phenoxy) is 2. The van der Waals surface area contributed by atoms with Crippen molar-refractivity contribution in [3.63, 3.8) is 0 Å². The first-order valence-corrected chi connectivity index (χ1v) is 8.20. The van der Waals surface area contributed by atoms with Crippen molar-refractivity contribution >= 4 is 11.7 Å². The molecule has 2 N–H and O–H groups in total. The van der Waals surface area contributed by atoms with Crippen LogP contribution >= 0.6 is 0 Å². The SMILES string of the molecule is CCOc1ccc(NC(=O)NCC2CCN(CCOC)C2)cc1. The summed E-state index contributed by atoms with van der Waals surface area (Å²) in [5, 5.41) is 5.79. The average Bonchev–Trinajstić information content (AvgIpc) is 3.01. The van der Waals surface area contributed by atoms with Crippen LogP contribution in [0.1, 0.15) is 13.3 Å². The van der Waals surface area contributed by atoms with Crippen LogP contribution in [-0.4, -0.2) is 57.4 Å². The Bertz CT molecular complexity index is 478. The molecule has 0 bridgehead atoms. The lowest BCUT2D eigenvalue weighted by Crippen LogP contribution is -2.34. The molecule has 1 atom stereocenters. The molecule has 128 valence electrons. The summed E-state index contributed by atoms with van der Waals surface area (Å²) in [4.78, 5) is 14.3. The number of urea groups is 1. The number of carbonyl (C=O) groups is 1. The number of likely N-dealkylation sites (tertiary alicyclic amines) is 1. The van der Waals surface area contributed by atoms with Gasteiger partial charge in [-0.15, -0.1) is 0 Å². The first kappa shape index (κ1) is 17.6. The molecule has 0 saturated carbocycles. The van der Waals surface area contributed by atoms with Crippen molar-refractivity contribution < 1.29 is 14.3 Å². The zero-order valence-electron chi connectivity index (χ0n) is 14.0. The lowest BCUT2D eigenvalue weighted by atomic mass is 10.1. The summed E-state index contributed by atoms with van der Waals surface area (Å²) in [7, 11) is 1.72. The topological polar surface area (TPSA) is 62.8 Å². The third-order valence-electron chi connectivity index (χ3n) is 3.96. The number of methoxy groups -OCH3 is 1. The van der Waals surface area contributed by atoms with Gasteiger partial charge in [-0.2, -0.15) is 0 Å². The van der Waals surface area contributed by atoms with Crippen LogP contribution in [-0.2, 0) is 4.74 Å². The van der Waals surface area contributed by atoms with Crippen molar-refractivity contribution in [1.29, 1.82) is 0 Å². The second-order valence-electron chi connectivity index (χ2n) is 5.74. The Morgan fingerprint density at radius 1 is 1.35 bits per heavy atom. The van der Waals surface area contributed by atoms with E-state index in [9.17, 15) is 4.79 Å². The summed E-state index contributed by atoms with van der Waals surface area (Å²) in [5.74, 6) is 1.32. The Hall–Kier alpha value is -1.79. The monoisotopic (exact) mass is 321 g/mol. The second-order valence-corrected chi connectivity index (χ2v) is 5.74. The summed E-state index contributed by atoms with van der Waals surface area (Å²) < 4.78 is 10.5. The van der Waals surface area contributed by atoms with Gasteiger partial charge in [-0.1, -0.05) is 0 Å². The highest BCUT2D eigenvalue weighted by Crippen LogP contribution is 2.16. The minimum atomic E-state index is -0.162. The van der Waals surface area contributed by atoms with Crippen LogP contribution in [0.15, 0.2) is 24.3 Å². The quantitative estimate of drug-likeness (QED) is 0.770. The number of amides is 2. The van der Waals surface area contributed by atoms with E-state index in [-0.39, 0.29) is 6.03 Å². The molecule has 1 saturated heterocycles. The minimum absolute atomic E-state index is 0.162. The highest BCUT2D eigenvalue weighted by molar-refractivity contribution is 5.89. The minimum Gasteiger partial charge on any atom is -0.494 e. The van der Waals surface area contributed by atoms with E-state index in [1.807, 2.05) is 31.2 Å². The van der Waals surface area contributed by atoms with Crippen molar-refractivity contribution in [2.24, 2.45) is 5.92 Å². The van der Waals surface area contributed by atoms with Gasteiger partial charge in [0.2, 0.25) is 0 Å². The molecule has 1 heterocycles. The van der Waals surface area contributed by atoms with E-state index in [1.54, 1.807) is 7.11 Å². The maximum atomic E-state index is 11.9. The fourth-order valence-electron chi connectivity index (χ4n) is 2.72. The third kappa shape index (κ3) is 6.08. The van der Waals surface area contributed by atoms with Crippen LogP contribution in [0.3, 0.4) is 0 Å². The van der Waals surface area contributed by atoms with Gasteiger partial charge in [0, 0.05) is 32.4 Å². The zero-order chi connectivity index (χ0) is 16.5. The summed E-state index contributed by atoms with van der Waals surface area (Å²) in [6.45, 7) is 7.11. The second kappa shape index (κ2) is 9.37. The Balaban J connectivity index is 1.67. The van der Waals surface area contributed by atoms with Crippen LogP contribution in [0, 0.1) is 5.92 Å². The first-order valence-electron chi connectivity index (χ1n) is 8.20. The predicted molar refractivity (Wildman–Crippen MR) is 91.1 cm³/mol. The number of hydrogen-bond donors (Lipinski definition) is 2. The maximum absolute atomic E-state index is 11.9. The van der Waals surface area contributed by atoms with Crippen LogP contribution in [0.4, 0.5) is 10.5 Å². The standard InChI is InChI=1S/C17H27N3O3/c1-3-23-16-6-4-15(5-7-16)19-17(21)18-12-14-8-9-20(13-14)10-11-22-2/h4-7,14H,3,8-13H2,1-2H3,(H2,18,19,21). The summed E-state index contributed by atoms with van der Waals surface area (Å²) >= 11 is 0. The van der Waals surface area contributed by atoms with Crippen LogP contribution in [0.2, 0.25) is 0 Å². The van der Waals surface area contributed by atoms with Gasteiger partial charge in [0.1, 0.15) is 5.75 Å². The normalized spacial score (nSPS) is 17.9. The van der Waals surface area contributed by atoms with E-state index in [1.165, 1.54) is 0 Å². The van der Waals surface area contributed by atoms with E-state index < -0.39 is 0 Å². The molecule has 1 unspecified atom stereocenters. The molecule has 0 radical (unpaired) electrons. The fourth-order valence-corrected chi connectivity index (χ4v) is 2.72. The third-order valence-corrected chi connectivity index (χ3v) is 3.96. The number of carbonyl (C=O) groups excluding carboxylic acids is 1.